The molecule has 0 atom stereocenters. The second kappa shape index (κ2) is 4.48. The van der Waals surface area contributed by atoms with Crippen molar-refractivity contribution in [3.63, 3.8) is 0 Å². The van der Waals surface area contributed by atoms with Gasteiger partial charge in [-0.25, -0.2) is 4.99 Å². The highest BCUT2D eigenvalue weighted by Crippen LogP contribution is 2.14. The minimum atomic E-state index is 0.0158. The minimum Gasteiger partial charge on any atom is -0.275 e. The zero-order chi connectivity index (χ0) is 10.6. The Bertz CT molecular complexity index is 381. The van der Waals surface area contributed by atoms with Crippen LogP contribution in [-0.2, 0) is 0 Å². The number of nitrogens with two attached hydrogens (primary N) is 3. The maximum Gasteiger partial charge on any atom is 0.390 e. The van der Waals surface area contributed by atoms with Gasteiger partial charge in [0.1, 0.15) is 5.69 Å². The molecule has 0 amide bonds. The van der Waals surface area contributed by atoms with Gasteiger partial charge in [0, 0.05) is 0 Å². The fraction of sp³-hybridized carbons (Fsp3) is 0. The Morgan fingerprint density at radius 2 is 1.79 bits per heavy atom. The van der Waals surface area contributed by atoms with Gasteiger partial charge in [0.25, 0.3) is 0 Å². The molecule has 1 rings (SSSR count). The van der Waals surface area contributed by atoms with Gasteiger partial charge in [0.05, 0.1) is 5.02 Å². The lowest BCUT2D eigenvalue weighted by atomic mass is 10.3. The van der Waals surface area contributed by atoms with E-state index in [1.54, 1.807) is 12.1 Å². The molecule has 14 heavy (non-hydrogen) atoms. The normalized spacial score (nSPS) is 11.1. The van der Waals surface area contributed by atoms with E-state index in [9.17, 15) is 0 Å². The molecule has 0 aliphatic heterocycles. The highest BCUT2D eigenvalue weighted by molar-refractivity contribution is 6.32. The van der Waals surface area contributed by atoms with Crippen LogP contribution in [0.4, 0.5) is 5.69 Å². The van der Waals surface area contributed by atoms with Crippen LogP contribution in [0.3, 0.4) is 0 Å². The molecule has 0 fully saturated rings. The summed E-state index contributed by atoms with van der Waals surface area (Å²) in [5.74, 6) is 0.236. The van der Waals surface area contributed by atoms with E-state index in [-0.39, 0.29) is 11.9 Å². The SMILES string of the molecule is NC(N)=[NH+]C(N)=[NH+]c1ccccc1Cl. The third kappa shape index (κ3) is 2.95. The highest BCUT2D eigenvalue weighted by Gasteiger charge is 2.02. The summed E-state index contributed by atoms with van der Waals surface area (Å²) in [4.78, 5) is 5.33. The smallest absolute Gasteiger partial charge is 0.275 e. The van der Waals surface area contributed by atoms with Crippen molar-refractivity contribution >= 4 is 29.2 Å². The van der Waals surface area contributed by atoms with Gasteiger partial charge in [-0.05, 0) is 12.1 Å². The molecule has 0 aliphatic carbocycles. The summed E-state index contributed by atoms with van der Waals surface area (Å²) in [6.07, 6.45) is 0. The van der Waals surface area contributed by atoms with Gasteiger partial charge < -0.3 is 0 Å². The predicted octanol–water partition coefficient (Wildman–Crippen LogP) is -3.28. The minimum absolute atomic E-state index is 0.0158. The molecule has 0 spiro atoms. The Labute approximate surface area is 86.3 Å². The van der Waals surface area contributed by atoms with E-state index in [0.717, 1.165) is 0 Å². The molecule has 8 N–H and O–H groups in total. The molecule has 0 saturated carbocycles. The van der Waals surface area contributed by atoms with Crippen LogP contribution in [0.1, 0.15) is 0 Å². The van der Waals surface area contributed by atoms with Crippen LogP contribution in [0.15, 0.2) is 24.3 Å². The maximum atomic E-state index is 5.88. The van der Waals surface area contributed by atoms with Crippen LogP contribution in [-0.4, -0.2) is 11.9 Å². The first kappa shape index (κ1) is 10.3. The number of para-hydroxylation sites is 1. The van der Waals surface area contributed by atoms with Crippen LogP contribution in [0, 0.1) is 0 Å². The molecule has 1 aromatic carbocycles. The average Bonchev–Trinajstić information content (AvgIpc) is 2.07. The van der Waals surface area contributed by atoms with E-state index in [1.807, 2.05) is 12.1 Å². The molecule has 6 heteroatoms. The Morgan fingerprint density at radius 1 is 1.14 bits per heavy atom. The molecular weight excluding hydrogens is 202 g/mol. The first-order chi connectivity index (χ1) is 6.59. The van der Waals surface area contributed by atoms with Crippen molar-refractivity contribution in [1.82, 2.24) is 0 Å². The third-order valence-electron chi connectivity index (χ3n) is 1.42. The molecule has 0 unspecified atom stereocenters. The Kier molecular flexibility index (Phi) is 3.30. The maximum absolute atomic E-state index is 5.88. The van der Waals surface area contributed by atoms with Gasteiger partial charge in [-0.15, -0.1) is 0 Å². The lowest BCUT2D eigenvalue weighted by molar-refractivity contribution is -0.459. The lowest BCUT2D eigenvalue weighted by Gasteiger charge is -1.93. The molecule has 1 aromatic rings. The van der Waals surface area contributed by atoms with Crippen LogP contribution < -0.4 is 27.2 Å². The van der Waals surface area contributed by atoms with Crippen molar-refractivity contribution in [2.45, 2.75) is 0 Å². The van der Waals surface area contributed by atoms with Gasteiger partial charge >= 0.3 is 11.9 Å². The number of hydrogen-bond donors (Lipinski definition) is 5. The standard InChI is InChI=1S/C8H10ClN5/c9-5-3-1-2-4-6(5)13-8(12)14-7(10)11/h1-4H,(H6,10,11,12,13,14)/p+2. The van der Waals surface area contributed by atoms with Crippen molar-refractivity contribution < 1.29 is 9.98 Å². The molecular formula is C8H12ClN5+2. The molecule has 74 valence electrons. The van der Waals surface area contributed by atoms with Crippen molar-refractivity contribution in [3.05, 3.63) is 29.3 Å². The first-order valence-electron chi connectivity index (χ1n) is 3.88. The number of nitrogens with one attached hydrogen (secondary N) is 2. The largest absolute Gasteiger partial charge is 0.390 e. The van der Waals surface area contributed by atoms with E-state index in [0.29, 0.717) is 10.7 Å². The van der Waals surface area contributed by atoms with Crippen LogP contribution in [0.25, 0.3) is 0 Å². The first-order valence-corrected chi connectivity index (χ1v) is 4.26. The van der Waals surface area contributed by atoms with E-state index in [2.05, 4.69) is 9.98 Å². The summed E-state index contributed by atoms with van der Waals surface area (Å²) >= 11 is 5.88. The Morgan fingerprint density at radius 3 is 2.36 bits per heavy atom. The number of hydrogen-bond acceptors (Lipinski definition) is 0. The number of rotatable bonds is 1. The molecule has 0 heterocycles. The fourth-order valence-electron chi connectivity index (χ4n) is 0.894. The summed E-state index contributed by atoms with van der Waals surface area (Å²) < 4.78 is 0. The van der Waals surface area contributed by atoms with Gasteiger partial charge in [0.2, 0.25) is 0 Å². The number of guanidine groups is 2. The Hall–Kier alpha value is -1.75. The Balaban J connectivity index is 2.98. The third-order valence-corrected chi connectivity index (χ3v) is 1.75. The summed E-state index contributed by atoms with van der Waals surface area (Å²) in [5, 5.41) is 0.563. The predicted molar refractivity (Wildman–Crippen MR) is 55.6 cm³/mol. The van der Waals surface area contributed by atoms with E-state index >= 15 is 0 Å². The van der Waals surface area contributed by atoms with Crippen molar-refractivity contribution in [1.29, 1.82) is 0 Å². The molecule has 0 aliphatic rings. The zero-order valence-electron chi connectivity index (χ0n) is 7.42. The molecule has 0 bridgehead atoms. The van der Waals surface area contributed by atoms with E-state index in [1.165, 1.54) is 0 Å². The number of halogens is 1. The average molecular weight is 214 g/mol. The summed E-state index contributed by atoms with van der Waals surface area (Å²) in [5.41, 5.74) is 16.6. The topological polar surface area (TPSA) is 106 Å². The van der Waals surface area contributed by atoms with E-state index < -0.39 is 0 Å². The van der Waals surface area contributed by atoms with Gasteiger partial charge in [-0.2, -0.15) is 4.99 Å². The molecule has 0 aromatic heterocycles. The highest BCUT2D eigenvalue weighted by atomic mass is 35.5. The molecule has 0 radical (unpaired) electrons. The van der Waals surface area contributed by atoms with Gasteiger partial charge in [-0.1, -0.05) is 23.7 Å². The summed E-state index contributed by atoms with van der Waals surface area (Å²) in [6.45, 7) is 0. The van der Waals surface area contributed by atoms with Gasteiger partial charge in [-0.3, -0.25) is 17.2 Å². The van der Waals surface area contributed by atoms with E-state index in [4.69, 9.17) is 28.8 Å². The lowest BCUT2D eigenvalue weighted by Crippen LogP contribution is -2.96. The monoisotopic (exact) mass is 213 g/mol. The molecule has 5 nitrogen and oxygen atoms in total. The second-order valence-electron chi connectivity index (χ2n) is 2.60. The van der Waals surface area contributed by atoms with Crippen LogP contribution in [0.2, 0.25) is 5.02 Å². The van der Waals surface area contributed by atoms with Crippen molar-refractivity contribution in [3.8, 4) is 0 Å². The quantitative estimate of drug-likeness (QED) is 0.250. The zero-order valence-corrected chi connectivity index (χ0v) is 8.18. The summed E-state index contributed by atoms with van der Waals surface area (Å²) in [7, 11) is 0. The van der Waals surface area contributed by atoms with Crippen molar-refractivity contribution in [2.24, 2.45) is 17.2 Å². The van der Waals surface area contributed by atoms with Gasteiger partial charge in [0.15, 0.2) is 0 Å². The van der Waals surface area contributed by atoms with Crippen LogP contribution >= 0.6 is 11.6 Å². The molecule has 0 saturated heterocycles. The van der Waals surface area contributed by atoms with Crippen molar-refractivity contribution in [2.75, 3.05) is 0 Å². The number of benzene rings is 1. The fourth-order valence-corrected chi connectivity index (χ4v) is 1.08. The second-order valence-corrected chi connectivity index (χ2v) is 3.01. The van der Waals surface area contributed by atoms with Crippen LogP contribution in [0.5, 0.6) is 0 Å². The summed E-state index contributed by atoms with van der Waals surface area (Å²) in [6, 6.07) is 7.17.